The summed E-state index contributed by atoms with van der Waals surface area (Å²) in [7, 11) is 0. The first kappa shape index (κ1) is 13.8. The van der Waals surface area contributed by atoms with E-state index in [-0.39, 0.29) is 5.75 Å². The highest BCUT2D eigenvalue weighted by atomic mass is 16.3. The number of allylic oxidation sites excluding steroid dienone is 2. The van der Waals surface area contributed by atoms with E-state index in [0.29, 0.717) is 5.56 Å². The predicted molar refractivity (Wildman–Crippen MR) is 80.5 cm³/mol. The molecule has 1 rings (SSSR count). The van der Waals surface area contributed by atoms with E-state index in [4.69, 9.17) is 0 Å². The zero-order valence-corrected chi connectivity index (χ0v) is 11.0. The second kappa shape index (κ2) is 5.92. The van der Waals surface area contributed by atoms with E-state index in [2.05, 4.69) is 25.1 Å². The van der Waals surface area contributed by atoms with Crippen LogP contribution in [0.15, 0.2) is 49.2 Å². The van der Waals surface area contributed by atoms with Crippen molar-refractivity contribution in [3.63, 3.8) is 0 Å². The lowest BCUT2D eigenvalue weighted by molar-refractivity contribution is 0.474. The fourth-order valence-electron chi connectivity index (χ4n) is 1.62. The molecule has 1 aromatic rings. The number of nitrogens with one attached hydrogen (secondary N) is 1. The molecule has 94 valence electrons. The highest BCUT2D eigenvalue weighted by Crippen LogP contribution is 2.29. The lowest BCUT2D eigenvalue weighted by Gasteiger charge is -2.12. The van der Waals surface area contributed by atoms with Gasteiger partial charge in [-0.05, 0) is 31.6 Å². The second-order valence-electron chi connectivity index (χ2n) is 4.28. The van der Waals surface area contributed by atoms with Gasteiger partial charge in [-0.3, -0.25) is 0 Å². The van der Waals surface area contributed by atoms with Gasteiger partial charge in [0.1, 0.15) is 5.75 Å². The van der Waals surface area contributed by atoms with E-state index in [1.165, 1.54) is 0 Å². The summed E-state index contributed by atoms with van der Waals surface area (Å²) >= 11 is 0. The molecule has 18 heavy (non-hydrogen) atoms. The zero-order valence-electron chi connectivity index (χ0n) is 11.0. The van der Waals surface area contributed by atoms with Crippen LogP contribution in [-0.4, -0.2) is 5.11 Å². The summed E-state index contributed by atoms with van der Waals surface area (Å²) in [5, 5.41) is 13.0. The summed E-state index contributed by atoms with van der Waals surface area (Å²) in [4.78, 5) is 0. The number of phenols is 1. The van der Waals surface area contributed by atoms with Gasteiger partial charge in [0.15, 0.2) is 0 Å². The van der Waals surface area contributed by atoms with Gasteiger partial charge < -0.3 is 10.4 Å². The van der Waals surface area contributed by atoms with Gasteiger partial charge in [0.05, 0.1) is 0 Å². The molecule has 0 amide bonds. The third-order valence-corrected chi connectivity index (χ3v) is 2.40. The molecule has 0 bridgehead atoms. The number of phenolic OH excluding ortho intramolecular Hbond substituents is 1. The van der Waals surface area contributed by atoms with Gasteiger partial charge in [0.25, 0.3) is 0 Å². The average molecular weight is 241 g/mol. The van der Waals surface area contributed by atoms with Crippen LogP contribution in [0.3, 0.4) is 0 Å². The maximum Gasteiger partial charge on any atom is 0.124 e. The van der Waals surface area contributed by atoms with Crippen molar-refractivity contribution in [3.05, 3.63) is 60.3 Å². The molecule has 2 heteroatoms. The molecule has 0 aliphatic heterocycles. The van der Waals surface area contributed by atoms with Crippen molar-refractivity contribution in [1.29, 1.82) is 0 Å². The Morgan fingerprint density at radius 3 is 2.28 bits per heavy atom. The van der Waals surface area contributed by atoms with Crippen molar-refractivity contribution >= 4 is 17.8 Å². The molecule has 0 aliphatic carbocycles. The monoisotopic (exact) mass is 241 g/mol. The van der Waals surface area contributed by atoms with E-state index in [0.717, 1.165) is 22.5 Å². The first-order valence-corrected chi connectivity index (χ1v) is 5.70. The summed E-state index contributed by atoms with van der Waals surface area (Å²) in [5.41, 5.74) is 4.27. The van der Waals surface area contributed by atoms with Crippen LogP contribution in [0.1, 0.15) is 25.0 Å². The van der Waals surface area contributed by atoms with Crippen molar-refractivity contribution in [2.45, 2.75) is 13.8 Å². The third-order valence-electron chi connectivity index (χ3n) is 2.40. The maximum absolute atomic E-state index is 9.82. The summed E-state index contributed by atoms with van der Waals surface area (Å²) in [6, 6.07) is 3.48. The highest BCUT2D eigenvalue weighted by Gasteiger charge is 2.05. The van der Waals surface area contributed by atoms with Crippen LogP contribution in [0.5, 0.6) is 5.75 Å². The van der Waals surface area contributed by atoms with Gasteiger partial charge in [-0.15, -0.1) is 0 Å². The molecular formula is C16H19NO. The second-order valence-corrected chi connectivity index (χ2v) is 4.28. The van der Waals surface area contributed by atoms with E-state index in [1.54, 1.807) is 18.2 Å². The SMILES string of the molecule is C=Cc1cc(C=C)c(NC(=C)C=C(C)C)cc1O. The molecule has 0 radical (unpaired) electrons. The quantitative estimate of drug-likeness (QED) is 0.740. The molecule has 0 heterocycles. The summed E-state index contributed by atoms with van der Waals surface area (Å²) < 4.78 is 0. The number of rotatable bonds is 5. The minimum absolute atomic E-state index is 0.183. The molecule has 0 fully saturated rings. The van der Waals surface area contributed by atoms with Gasteiger partial charge in [-0.25, -0.2) is 0 Å². The summed E-state index contributed by atoms with van der Waals surface area (Å²) in [5.74, 6) is 0.183. The van der Waals surface area contributed by atoms with Crippen molar-refractivity contribution in [2.24, 2.45) is 0 Å². The van der Waals surface area contributed by atoms with E-state index in [1.807, 2.05) is 26.0 Å². The third kappa shape index (κ3) is 3.39. The highest BCUT2D eigenvalue weighted by molar-refractivity contribution is 5.74. The van der Waals surface area contributed by atoms with Crippen LogP contribution >= 0.6 is 0 Å². The molecule has 0 saturated heterocycles. The molecule has 0 aromatic heterocycles. The minimum atomic E-state index is 0.183. The number of benzene rings is 1. The molecule has 0 saturated carbocycles. The molecular weight excluding hydrogens is 222 g/mol. The Bertz CT molecular complexity index is 520. The van der Waals surface area contributed by atoms with Gasteiger partial charge in [-0.2, -0.15) is 0 Å². The van der Waals surface area contributed by atoms with E-state index >= 15 is 0 Å². The Kier molecular flexibility index (Phi) is 4.55. The van der Waals surface area contributed by atoms with Crippen LogP contribution in [-0.2, 0) is 0 Å². The lowest BCUT2D eigenvalue weighted by Crippen LogP contribution is -1.98. The van der Waals surface area contributed by atoms with Crippen LogP contribution in [0.2, 0.25) is 0 Å². The van der Waals surface area contributed by atoms with Crippen molar-refractivity contribution in [1.82, 2.24) is 0 Å². The van der Waals surface area contributed by atoms with Crippen molar-refractivity contribution in [2.75, 3.05) is 5.32 Å². The zero-order chi connectivity index (χ0) is 13.7. The number of anilines is 1. The first-order chi connectivity index (χ1) is 8.47. The minimum Gasteiger partial charge on any atom is -0.507 e. The smallest absolute Gasteiger partial charge is 0.124 e. The van der Waals surface area contributed by atoms with Gasteiger partial charge in [0.2, 0.25) is 0 Å². The molecule has 0 unspecified atom stereocenters. The summed E-state index contributed by atoms with van der Waals surface area (Å²) in [6.07, 6.45) is 5.27. The van der Waals surface area contributed by atoms with Crippen molar-refractivity contribution in [3.8, 4) is 5.75 Å². The van der Waals surface area contributed by atoms with Crippen LogP contribution in [0.25, 0.3) is 12.2 Å². The molecule has 0 aliphatic rings. The Morgan fingerprint density at radius 1 is 1.17 bits per heavy atom. The fourth-order valence-corrected chi connectivity index (χ4v) is 1.62. The first-order valence-electron chi connectivity index (χ1n) is 5.70. The fraction of sp³-hybridized carbons (Fsp3) is 0.125. The molecule has 2 nitrogen and oxygen atoms in total. The predicted octanol–water partition coefficient (Wildman–Crippen LogP) is 4.57. The largest absolute Gasteiger partial charge is 0.507 e. The maximum atomic E-state index is 9.82. The van der Waals surface area contributed by atoms with E-state index < -0.39 is 0 Å². The van der Waals surface area contributed by atoms with Gasteiger partial charge >= 0.3 is 0 Å². The molecule has 0 atom stereocenters. The number of hydrogen-bond donors (Lipinski definition) is 2. The number of hydrogen-bond acceptors (Lipinski definition) is 2. The Morgan fingerprint density at radius 2 is 1.78 bits per heavy atom. The Hall–Kier alpha value is -2.22. The van der Waals surface area contributed by atoms with E-state index in [9.17, 15) is 5.11 Å². The van der Waals surface area contributed by atoms with Crippen LogP contribution in [0.4, 0.5) is 5.69 Å². The standard InChI is InChI=1S/C16H19NO/c1-6-13-9-14(7-2)16(18)10-15(13)17-12(5)8-11(3)4/h6-10,17-18H,1-2,5H2,3-4H3. The Balaban J connectivity index is 3.13. The topological polar surface area (TPSA) is 32.3 Å². The molecule has 0 spiro atoms. The average Bonchev–Trinajstić information content (AvgIpc) is 2.28. The van der Waals surface area contributed by atoms with Crippen molar-refractivity contribution < 1.29 is 5.11 Å². The summed E-state index contributed by atoms with van der Waals surface area (Å²) in [6.45, 7) is 15.3. The van der Waals surface area contributed by atoms with Crippen LogP contribution < -0.4 is 5.32 Å². The van der Waals surface area contributed by atoms with Crippen LogP contribution in [0, 0.1) is 0 Å². The normalized spacial score (nSPS) is 9.44. The van der Waals surface area contributed by atoms with Gasteiger partial charge in [0, 0.05) is 23.0 Å². The Labute approximate surface area is 109 Å². The molecule has 2 N–H and O–H groups in total. The molecule has 1 aromatic carbocycles. The lowest BCUT2D eigenvalue weighted by atomic mass is 10.1. The number of aromatic hydroxyl groups is 1. The van der Waals surface area contributed by atoms with Gasteiger partial charge in [-0.1, -0.05) is 37.5 Å².